The maximum absolute atomic E-state index is 11.1. The molecule has 0 bridgehead atoms. The number of halogens is 2. The summed E-state index contributed by atoms with van der Waals surface area (Å²) in [6.45, 7) is 0. The Morgan fingerprint density at radius 2 is 2.14 bits per heavy atom. The number of hydrogen-bond donors (Lipinski definition) is 1. The lowest BCUT2D eigenvalue weighted by molar-refractivity contribution is 0.0696. The quantitative estimate of drug-likeness (QED) is 0.874. The number of benzene rings is 1. The molecular formula is C15H12BrClN2O3. The first-order valence-electron chi connectivity index (χ1n) is 6.31. The topological polar surface area (TPSA) is 71.8 Å². The highest BCUT2D eigenvalue weighted by Gasteiger charge is 2.25. The third kappa shape index (κ3) is 3.45. The predicted molar refractivity (Wildman–Crippen MR) is 87.6 cm³/mol. The number of carbonyl (C=O) groups is 1. The molecule has 0 spiro atoms. The summed E-state index contributed by atoms with van der Waals surface area (Å²) in [6.07, 6.45) is 2.04. The minimum atomic E-state index is -0.974. The zero-order valence-corrected chi connectivity index (χ0v) is 13.7. The van der Waals surface area contributed by atoms with Crippen molar-refractivity contribution in [2.75, 3.05) is 0 Å². The first kappa shape index (κ1) is 16.5. The molecule has 0 amide bonds. The highest BCUT2D eigenvalue weighted by Crippen LogP contribution is 2.29. The average molecular weight is 384 g/mol. The van der Waals surface area contributed by atoms with Crippen molar-refractivity contribution in [3.63, 3.8) is 0 Å². The highest BCUT2D eigenvalue weighted by atomic mass is 79.9. The van der Waals surface area contributed by atoms with E-state index < -0.39 is 5.97 Å². The minimum Gasteiger partial charge on any atom is -0.478 e. The Balaban J connectivity index is 0.00000176. The van der Waals surface area contributed by atoms with Crippen LogP contribution < -0.4 is 0 Å². The Labute approximate surface area is 141 Å². The summed E-state index contributed by atoms with van der Waals surface area (Å²) in [5, 5.41) is 13.2. The van der Waals surface area contributed by atoms with Gasteiger partial charge < -0.3 is 9.94 Å². The van der Waals surface area contributed by atoms with Gasteiger partial charge in [0.2, 0.25) is 0 Å². The molecular weight excluding hydrogens is 372 g/mol. The molecule has 1 aliphatic heterocycles. The number of carboxylic acids is 1. The van der Waals surface area contributed by atoms with Crippen molar-refractivity contribution in [1.82, 2.24) is 4.98 Å². The van der Waals surface area contributed by atoms with E-state index in [1.165, 1.54) is 0 Å². The Bertz CT molecular complexity index is 722. The van der Waals surface area contributed by atoms with Gasteiger partial charge in [-0.15, -0.1) is 12.4 Å². The van der Waals surface area contributed by atoms with E-state index in [-0.39, 0.29) is 24.1 Å². The summed E-state index contributed by atoms with van der Waals surface area (Å²) in [6, 6.07) is 10.6. The number of aromatic nitrogens is 1. The van der Waals surface area contributed by atoms with Crippen LogP contribution in [-0.2, 0) is 4.84 Å². The van der Waals surface area contributed by atoms with Gasteiger partial charge in [0.05, 0.1) is 17.0 Å². The molecule has 0 fully saturated rings. The van der Waals surface area contributed by atoms with E-state index in [4.69, 9.17) is 9.94 Å². The monoisotopic (exact) mass is 382 g/mol. The summed E-state index contributed by atoms with van der Waals surface area (Å²) < 4.78 is 0.696. The third-order valence-corrected chi connectivity index (χ3v) is 3.62. The van der Waals surface area contributed by atoms with Crippen LogP contribution in [0.4, 0.5) is 0 Å². The molecule has 2 heterocycles. The molecule has 3 rings (SSSR count). The van der Waals surface area contributed by atoms with Gasteiger partial charge in [-0.05, 0) is 30.3 Å². The number of hydrogen-bond acceptors (Lipinski definition) is 4. The lowest BCUT2D eigenvalue weighted by Gasteiger charge is -2.06. The second-order valence-corrected chi connectivity index (χ2v) is 5.54. The molecule has 0 radical (unpaired) electrons. The first-order chi connectivity index (χ1) is 10.1. The number of rotatable bonds is 3. The number of nitrogens with zero attached hydrogens (tertiary/aromatic N) is 2. The van der Waals surface area contributed by atoms with Crippen molar-refractivity contribution in [2.45, 2.75) is 12.5 Å². The average Bonchev–Trinajstić information content (AvgIpc) is 2.97. The molecule has 0 saturated carbocycles. The third-order valence-electron chi connectivity index (χ3n) is 3.16. The molecule has 1 aliphatic rings. The van der Waals surface area contributed by atoms with Crippen LogP contribution in [0.25, 0.3) is 0 Å². The van der Waals surface area contributed by atoms with Gasteiger partial charge in [0, 0.05) is 22.7 Å². The van der Waals surface area contributed by atoms with Gasteiger partial charge in [-0.3, -0.25) is 4.98 Å². The first-order valence-corrected chi connectivity index (χ1v) is 7.10. The molecule has 0 saturated heterocycles. The van der Waals surface area contributed by atoms with Crippen LogP contribution in [0.1, 0.15) is 34.1 Å². The molecule has 5 nitrogen and oxygen atoms in total. The van der Waals surface area contributed by atoms with Gasteiger partial charge in [0.15, 0.2) is 6.10 Å². The minimum absolute atomic E-state index is 0. The summed E-state index contributed by atoms with van der Waals surface area (Å²) >= 11 is 3.32. The van der Waals surface area contributed by atoms with Crippen molar-refractivity contribution in [1.29, 1.82) is 0 Å². The number of aromatic carboxylic acids is 1. The number of carboxylic acid groups (broad SMARTS) is 1. The van der Waals surface area contributed by atoms with Crippen LogP contribution in [0.3, 0.4) is 0 Å². The molecule has 22 heavy (non-hydrogen) atoms. The molecule has 1 aromatic carbocycles. The maximum Gasteiger partial charge on any atom is 0.335 e. The van der Waals surface area contributed by atoms with Gasteiger partial charge in [0.25, 0.3) is 0 Å². The van der Waals surface area contributed by atoms with E-state index in [1.54, 1.807) is 18.3 Å². The summed E-state index contributed by atoms with van der Waals surface area (Å²) in [5.74, 6) is -0.974. The molecule has 2 aromatic rings. The van der Waals surface area contributed by atoms with Crippen molar-refractivity contribution in [2.24, 2.45) is 5.16 Å². The van der Waals surface area contributed by atoms with E-state index in [9.17, 15) is 4.79 Å². The smallest absolute Gasteiger partial charge is 0.335 e. The second kappa shape index (κ2) is 6.89. The molecule has 0 unspecified atom stereocenters. The Kier molecular flexibility index (Phi) is 5.15. The van der Waals surface area contributed by atoms with Crippen molar-refractivity contribution in [3.8, 4) is 0 Å². The summed E-state index contributed by atoms with van der Waals surface area (Å²) in [7, 11) is 0. The van der Waals surface area contributed by atoms with Gasteiger partial charge in [-0.1, -0.05) is 27.2 Å². The van der Waals surface area contributed by atoms with Gasteiger partial charge in [-0.2, -0.15) is 0 Å². The maximum atomic E-state index is 11.1. The molecule has 1 atom stereocenters. The Morgan fingerprint density at radius 3 is 2.82 bits per heavy atom. The van der Waals surface area contributed by atoms with E-state index >= 15 is 0 Å². The van der Waals surface area contributed by atoms with Crippen LogP contribution in [-0.4, -0.2) is 21.8 Å². The van der Waals surface area contributed by atoms with E-state index in [0.29, 0.717) is 10.9 Å². The van der Waals surface area contributed by atoms with E-state index in [1.807, 2.05) is 24.3 Å². The Morgan fingerprint density at radius 1 is 1.32 bits per heavy atom. The normalized spacial score (nSPS) is 16.4. The van der Waals surface area contributed by atoms with Crippen LogP contribution >= 0.6 is 28.3 Å². The second-order valence-electron chi connectivity index (χ2n) is 4.62. The van der Waals surface area contributed by atoms with Gasteiger partial charge >= 0.3 is 5.97 Å². The Hall–Kier alpha value is -1.92. The van der Waals surface area contributed by atoms with Crippen LogP contribution in [0, 0.1) is 0 Å². The highest BCUT2D eigenvalue weighted by molar-refractivity contribution is 9.10. The fraction of sp³-hybridized carbons (Fsp3) is 0.133. The van der Waals surface area contributed by atoms with E-state index in [0.717, 1.165) is 17.0 Å². The molecule has 0 aliphatic carbocycles. The van der Waals surface area contributed by atoms with Gasteiger partial charge in [-0.25, -0.2) is 4.79 Å². The fourth-order valence-electron chi connectivity index (χ4n) is 2.15. The summed E-state index contributed by atoms with van der Waals surface area (Å²) in [5.41, 5.74) is 2.47. The van der Waals surface area contributed by atoms with Crippen molar-refractivity contribution in [3.05, 3.63) is 63.9 Å². The molecule has 7 heteroatoms. The molecule has 1 aromatic heterocycles. The fourth-order valence-corrected chi connectivity index (χ4v) is 2.65. The summed E-state index contributed by atoms with van der Waals surface area (Å²) in [4.78, 5) is 20.8. The van der Waals surface area contributed by atoms with Gasteiger partial charge in [0.1, 0.15) is 0 Å². The van der Waals surface area contributed by atoms with Crippen LogP contribution in [0.5, 0.6) is 0 Å². The molecule has 1 N–H and O–H groups in total. The number of oxime groups is 1. The standard InChI is InChI=1S/C15H11BrN2O3.ClH/c16-11-6-9(5-10(7-11)15(19)20)13-8-14(21-18-13)12-3-1-2-4-17-12;/h1-7,14H,8H2,(H,19,20);1H/t14-;/m0./s1. The largest absolute Gasteiger partial charge is 0.478 e. The van der Waals surface area contributed by atoms with Crippen LogP contribution in [0.15, 0.2) is 52.2 Å². The number of pyridine rings is 1. The predicted octanol–water partition coefficient (Wildman–Crippen LogP) is 3.83. The van der Waals surface area contributed by atoms with Crippen LogP contribution in [0.2, 0.25) is 0 Å². The van der Waals surface area contributed by atoms with E-state index in [2.05, 4.69) is 26.1 Å². The zero-order valence-electron chi connectivity index (χ0n) is 11.3. The van der Waals surface area contributed by atoms with Crippen molar-refractivity contribution < 1.29 is 14.7 Å². The lowest BCUT2D eigenvalue weighted by atomic mass is 10.0. The lowest BCUT2D eigenvalue weighted by Crippen LogP contribution is -2.05. The van der Waals surface area contributed by atoms with Crippen molar-refractivity contribution >= 4 is 40.0 Å². The molecule has 114 valence electrons. The zero-order chi connectivity index (χ0) is 14.8. The SMILES string of the molecule is Cl.O=C(O)c1cc(Br)cc(C2=NO[C@H](c3ccccn3)C2)c1.